The molecule has 0 radical (unpaired) electrons. The van der Waals surface area contributed by atoms with Crippen molar-refractivity contribution in [2.24, 2.45) is 0 Å². The van der Waals surface area contributed by atoms with Crippen molar-refractivity contribution in [1.82, 2.24) is 0 Å². The van der Waals surface area contributed by atoms with E-state index in [4.69, 9.17) is 5.26 Å². The predicted molar refractivity (Wildman–Crippen MR) is 54.3 cm³/mol. The van der Waals surface area contributed by atoms with Gasteiger partial charge in [0.05, 0.1) is 12.0 Å². The number of aryl methyl sites for hydroxylation is 1. The number of benzene rings is 1. The fourth-order valence-corrected chi connectivity index (χ4v) is 1.32. The molecular weight excluding hydrogens is 158 g/mol. The van der Waals surface area contributed by atoms with Crippen molar-refractivity contribution in [3.63, 3.8) is 0 Å². The molecule has 0 heterocycles. The van der Waals surface area contributed by atoms with Gasteiger partial charge in [0.15, 0.2) is 0 Å². The summed E-state index contributed by atoms with van der Waals surface area (Å²) < 4.78 is 0. The standard InChI is InChI=1S/C12H13N/c1-3-5-12(9-13)11-7-4-6-10(2)8-11/h3-4,6-8,12H,1,5H2,2H3. The van der Waals surface area contributed by atoms with Crippen molar-refractivity contribution in [1.29, 1.82) is 5.26 Å². The molecule has 1 nitrogen and oxygen atoms in total. The van der Waals surface area contributed by atoms with Gasteiger partial charge in [0.2, 0.25) is 0 Å². The van der Waals surface area contributed by atoms with Gasteiger partial charge >= 0.3 is 0 Å². The molecule has 1 heteroatoms. The summed E-state index contributed by atoms with van der Waals surface area (Å²) in [4.78, 5) is 0. The summed E-state index contributed by atoms with van der Waals surface area (Å²) in [6, 6.07) is 10.3. The second-order valence-electron chi connectivity index (χ2n) is 3.12. The summed E-state index contributed by atoms with van der Waals surface area (Å²) in [5, 5.41) is 8.90. The van der Waals surface area contributed by atoms with Gasteiger partial charge in [-0.15, -0.1) is 6.58 Å². The van der Waals surface area contributed by atoms with E-state index in [1.165, 1.54) is 5.56 Å². The van der Waals surface area contributed by atoms with E-state index >= 15 is 0 Å². The van der Waals surface area contributed by atoms with Crippen LogP contribution in [0.4, 0.5) is 0 Å². The molecule has 0 saturated carbocycles. The van der Waals surface area contributed by atoms with Crippen LogP contribution in [0.1, 0.15) is 23.5 Å². The molecule has 0 spiro atoms. The molecule has 1 aromatic rings. The van der Waals surface area contributed by atoms with E-state index in [1.807, 2.05) is 25.1 Å². The quantitative estimate of drug-likeness (QED) is 0.641. The third-order valence-corrected chi connectivity index (χ3v) is 2.00. The van der Waals surface area contributed by atoms with E-state index in [9.17, 15) is 0 Å². The fraction of sp³-hybridized carbons (Fsp3) is 0.250. The average molecular weight is 171 g/mol. The lowest BCUT2D eigenvalue weighted by Crippen LogP contribution is -1.93. The number of rotatable bonds is 3. The molecule has 0 aliphatic carbocycles. The number of hydrogen-bond donors (Lipinski definition) is 0. The van der Waals surface area contributed by atoms with Gasteiger partial charge in [0.25, 0.3) is 0 Å². The van der Waals surface area contributed by atoms with Crippen molar-refractivity contribution in [3.8, 4) is 6.07 Å². The van der Waals surface area contributed by atoms with E-state index in [1.54, 1.807) is 6.08 Å². The van der Waals surface area contributed by atoms with Crippen LogP contribution in [0.15, 0.2) is 36.9 Å². The minimum atomic E-state index is -0.0441. The van der Waals surface area contributed by atoms with E-state index in [0.29, 0.717) is 0 Å². The van der Waals surface area contributed by atoms with E-state index in [0.717, 1.165) is 12.0 Å². The van der Waals surface area contributed by atoms with Crippen molar-refractivity contribution >= 4 is 0 Å². The van der Waals surface area contributed by atoms with Crippen LogP contribution in [0.3, 0.4) is 0 Å². The van der Waals surface area contributed by atoms with Gasteiger partial charge in [-0.2, -0.15) is 5.26 Å². The lowest BCUT2D eigenvalue weighted by Gasteiger charge is -2.06. The van der Waals surface area contributed by atoms with Gasteiger partial charge in [0.1, 0.15) is 0 Å². The number of allylic oxidation sites excluding steroid dienone is 1. The molecule has 1 atom stereocenters. The highest BCUT2D eigenvalue weighted by Crippen LogP contribution is 2.19. The maximum Gasteiger partial charge on any atom is 0.0747 e. The Morgan fingerprint density at radius 1 is 1.62 bits per heavy atom. The van der Waals surface area contributed by atoms with Crippen LogP contribution in [0.5, 0.6) is 0 Å². The highest BCUT2D eigenvalue weighted by atomic mass is 14.3. The van der Waals surface area contributed by atoms with Crippen LogP contribution >= 0.6 is 0 Å². The summed E-state index contributed by atoms with van der Waals surface area (Å²) in [5.74, 6) is -0.0441. The van der Waals surface area contributed by atoms with Crippen molar-refractivity contribution in [2.75, 3.05) is 0 Å². The summed E-state index contributed by atoms with van der Waals surface area (Å²) in [7, 11) is 0. The first-order valence-corrected chi connectivity index (χ1v) is 4.35. The van der Waals surface area contributed by atoms with Gasteiger partial charge in [-0.1, -0.05) is 35.9 Å². The Morgan fingerprint density at radius 2 is 2.38 bits per heavy atom. The van der Waals surface area contributed by atoms with Gasteiger partial charge in [-0.05, 0) is 18.9 Å². The molecule has 0 aliphatic heterocycles. The second kappa shape index (κ2) is 4.47. The zero-order valence-corrected chi connectivity index (χ0v) is 7.83. The van der Waals surface area contributed by atoms with E-state index in [-0.39, 0.29) is 5.92 Å². The highest BCUT2D eigenvalue weighted by molar-refractivity contribution is 5.29. The summed E-state index contributed by atoms with van der Waals surface area (Å²) in [6.07, 6.45) is 2.51. The molecular formula is C12H13N. The summed E-state index contributed by atoms with van der Waals surface area (Å²) >= 11 is 0. The highest BCUT2D eigenvalue weighted by Gasteiger charge is 2.07. The Kier molecular flexibility index (Phi) is 3.28. The molecule has 66 valence electrons. The first-order valence-electron chi connectivity index (χ1n) is 4.35. The van der Waals surface area contributed by atoms with Gasteiger partial charge in [0, 0.05) is 0 Å². The zero-order valence-electron chi connectivity index (χ0n) is 7.83. The average Bonchev–Trinajstić information content (AvgIpc) is 2.14. The van der Waals surface area contributed by atoms with Crippen molar-refractivity contribution in [2.45, 2.75) is 19.3 Å². The molecule has 13 heavy (non-hydrogen) atoms. The van der Waals surface area contributed by atoms with Crippen LogP contribution in [-0.4, -0.2) is 0 Å². The van der Waals surface area contributed by atoms with Crippen LogP contribution in [0.2, 0.25) is 0 Å². The topological polar surface area (TPSA) is 23.8 Å². The Bertz CT molecular complexity index is 333. The van der Waals surface area contributed by atoms with Crippen LogP contribution < -0.4 is 0 Å². The smallest absolute Gasteiger partial charge is 0.0747 e. The molecule has 0 aromatic heterocycles. The number of nitriles is 1. The van der Waals surface area contributed by atoms with Crippen LogP contribution in [-0.2, 0) is 0 Å². The van der Waals surface area contributed by atoms with Crippen molar-refractivity contribution < 1.29 is 0 Å². The third kappa shape index (κ3) is 2.45. The lowest BCUT2D eigenvalue weighted by molar-refractivity contribution is 0.877. The minimum Gasteiger partial charge on any atom is -0.198 e. The van der Waals surface area contributed by atoms with Gasteiger partial charge < -0.3 is 0 Å². The first kappa shape index (κ1) is 9.54. The Labute approximate surface area is 79.3 Å². The predicted octanol–water partition coefficient (Wildman–Crippen LogP) is 3.18. The molecule has 0 saturated heterocycles. The molecule has 0 N–H and O–H groups in total. The summed E-state index contributed by atoms with van der Waals surface area (Å²) in [6.45, 7) is 5.68. The minimum absolute atomic E-state index is 0.0441. The molecule has 0 amide bonds. The Hall–Kier alpha value is -1.55. The molecule has 0 bridgehead atoms. The maximum atomic E-state index is 8.90. The maximum absolute atomic E-state index is 8.90. The normalized spacial score (nSPS) is 11.7. The van der Waals surface area contributed by atoms with Crippen molar-refractivity contribution in [3.05, 3.63) is 48.0 Å². The lowest BCUT2D eigenvalue weighted by atomic mass is 9.96. The largest absolute Gasteiger partial charge is 0.198 e. The second-order valence-corrected chi connectivity index (χ2v) is 3.12. The Morgan fingerprint density at radius 3 is 2.92 bits per heavy atom. The summed E-state index contributed by atoms with van der Waals surface area (Å²) in [5.41, 5.74) is 2.28. The SMILES string of the molecule is C=CCC(C#N)c1cccc(C)c1. The Balaban J connectivity index is 2.92. The molecule has 1 rings (SSSR count). The first-order chi connectivity index (χ1) is 6.27. The molecule has 1 aromatic carbocycles. The van der Waals surface area contributed by atoms with Gasteiger partial charge in [-0.3, -0.25) is 0 Å². The number of hydrogen-bond acceptors (Lipinski definition) is 1. The number of nitrogens with zero attached hydrogens (tertiary/aromatic N) is 1. The van der Waals surface area contributed by atoms with E-state index < -0.39 is 0 Å². The molecule has 1 unspecified atom stereocenters. The zero-order chi connectivity index (χ0) is 9.68. The molecule has 0 fully saturated rings. The van der Waals surface area contributed by atoms with Crippen LogP contribution in [0, 0.1) is 18.3 Å². The van der Waals surface area contributed by atoms with Gasteiger partial charge in [-0.25, -0.2) is 0 Å². The van der Waals surface area contributed by atoms with E-state index in [2.05, 4.69) is 18.7 Å². The molecule has 0 aliphatic rings. The fourth-order valence-electron chi connectivity index (χ4n) is 1.32. The third-order valence-electron chi connectivity index (χ3n) is 2.00. The van der Waals surface area contributed by atoms with Crippen LogP contribution in [0.25, 0.3) is 0 Å². The monoisotopic (exact) mass is 171 g/mol.